The molecule has 1 aromatic carbocycles. The van der Waals surface area contributed by atoms with Gasteiger partial charge in [0.15, 0.2) is 5.13 Å². The molecule has 1 unspecified atom stereocenters. The molecule has 6 nitrogen and oxygen atoms in total. The summed E-state index contributed by atoms with van der Waals surface area (Å²) in [5.74, 6) is 0.528. The van der Waals surface area contributed by atoms with E-state index in [0.29, 0.717) is 5.95 Å². The second-order valence-electron chi connectivity index (χ2n) is 5.98. The van der Waals surface area contributed by atoms with Gasteiger partial charge in [0, 0.05) is 27.8 Å². The largest absolute Gasteiger partial charge is 0.305 e. The van der Waals surface area contributed by atoms with Gasteiger partial charge in [0.2, 0.25) is 5.95 Å². The number of thiophene rings is 1. The van der Waals surface area contributed by atoms with E-state index >= 15 is 0 Å². The van der Waals surface area contributed by atoms with Crippen LogP contribution in [0.5, 0.6) is 0 Å². The monoisotopic (exact) mass is 415 g/mol. The summed E-state index contributed by atoms with van der Waals surface area (Å²) in [5, 5.41) is 6.06. The van der Waals surface area contributed by atoms with Crippen molar-refractivity contribution in [1.82, 2.24) is 15.0 Å². The molecule has 1 atom stereocenters. The maximum absolute atomic E-state index is 11.4. The first kappa shape index (κ1) is 18.0. The van der Waals surface area contributed by atoms with Gasteiger partial charge in [-0.2, -0.15) is 0 Å². The molecule has 0 amide bonds. The van der Waals surface area contributed by atoms with Crippen LogP contribution in [-0.4, -0.2) is 25.4 Å². The minimum absolute atomic E-state index is 0.528. The quantitative estimate of drug-likeness (QED) is 0.486. The molecule has 0 saturated carbocycles. The maximum Gasteiger partial charge on any atom is 0.229 e. The highest BCUT2D eigenvalue weighted by molar-refractivity contribution is 7.85. The Morgan fingerprint density at radius 1 is 1.19 bits per heavy atom. The first-order valence-electron chi connectivity index (χ1n) is 8.15. The number of thiazole rings is 1. The topological polar surface area (TPSA) is 79.8 Å². The number of nitrogens with one attached hydrogen (secondary N) is 2. The summed E-state index contributed by atoms with van der Waals surface area (Å²) in [4.78, 5) is 14.8. The number of nitrogens with zero attached hydrogens (tertiary/aromatic N) is 3. The summed E-state index contributed by atoms with van der Waals surface area (Å²) < 4.78 is 15.4. The Balaban J connectivity index is 1.71. The van der Waals surface area contributed by atoms with Crippen molar-refractivity contribution in [3.63, 3.8) is 0 Å². The van der Waals surface area contributed by atoms with Crippen molar-refractivity contribution >= 4 is 60.6 Å². The number of anilines is 3. The third-order valence-electron chi connectivity index (χ3n) is 4.00. The Kier molecular flexibility index (Phi) is 4.90. The molecule has 0 spiro atoms. The maximum atomic E-state index is 11.4. The number of fused-ring (bicyclic) bond motifs is 1. The predicted molar refractivity (Wildman–Crippen MR) is 115 cm³/mol. The van der Waals surface area contributed by atoms with Crippen molar-refractivity contribution in [3.05, 3.63) is 46.4 Å². The van der Waals surface area contributed by atoms with Crippen LogP contribution in [-0.2, 0) is 11.0 Å². The minimum Gasteiger partial charge on any atom is -0.305 e. The van der Waals surface area contributed by atoms with Crippen LogP contribution < -0.4 is 10.0 Å². The van der Waals surface area contributed by atoms with E-state index in [-0.39, 0.29) is 0 Å². The van der Waals surface area contributed by atoms with Crippen LogP contribution in [0.1, 0.15) is 10.6 Å². The van der Waals surface area contributed by atoms with E-state index in [2.05, 4.69) is 25.4 Å². The zero-order chi connectivity index (χ0) is 19.0. The molecular weight excluding hydrogens is 398 g/mol. The van der Waals surface area contributed by atoms with Crippen LogP contribution in [0, 0.1) is 13.8 Å². The number of hydrogen-bond donors (Lipinski definition) is 2. The number of hydrogen-bond acceptors (Lipinski definition) is 7. The van der Waals surface area contributed by atoms with Crippen LogP contribution in [0.15, 0.2) is 35.8 Å². The van der Waals surface area contributed by atoms with Gasteiger partial charge in [0.05, 0.1) is 22.1 Å². The highest BCUT2D eigenvalue weighted by Gasteiger charge is 2.12. The van der Waals surface area contributed by atoms with Gasteiger partial charge in [-0.1, -0.05) is 12.1 Å². The van der Waals surface area contributed by atoms with Gasteiger partial charge in [-0.3, -0.25) is 0 Å². The number of aryl methyl sites for hydroxylation is 2. The van der Waals surface area contributed by atoms with E-state index in [0.717, 1.165) is 37.9 Å². The van der Waals surface area contributed by atoms with Gasteiger partial charge in [-0.25, -0.2) is 19.2 Å². The fourth-order valence-corrected chi connectivity index (χ4v) is 4.77. The van der Waals surface area contributed by atoms with Crippen LogP contribution in [0.4, 0.5) is 16.8 Å². The summed E-state index contributed by atoms with van der Waals surface area (Å²) in [6.07, 6.45) is 3.44. The van der Waals surface area contributed by atoms with Gasteiger partial charge < -0.3 is 10.0 Å². The first-order valence-corrected chi connectivity index (χ1v) is 11.4. The molecule has 0 aliphatic carbocycles. The van der Waals surface area contributed by atoms with Crippen LogP contribution in [0.3, 0.4) is 0 Å². The fourth-order valence-electron chi connectivity index (χ4n) is 2.63. The highest BCUT2D eigenvalue weighted by Crippen LogP contribution is 2.34. The Bertz CT molecular complexity index is 1130. The molecule has 3 aromatic heterocycles. The summed E-state index contributed by atoms with van der Waals surface area (Å²) >= 11 is 3.19. The van der Waals surface area contributed by atoms with E-state index in [4.69, 9.17) is 4.98 Å². The average Bonchev–Trinajstić information content (AvgIpc) is 3.17. The second-order valence-corrected chi connectivity index (χ2v) is 9.21. The SMILES string of the molecule is Cc1nc(Nc2ncc3scc(-c4cccc(NS(C)=O)c4)c3n2)sc1C. The van der Waals surface area contributed by atoms with E-state index in [9.17, 15) is 4.21 Å². The molecule has 0 bridgehead atoms. The van der Waals surface area contributed by atoms with E-state index in [1.54, 1.807) is 28.9 Å². The van der Waals surface area contributed by atoms with Gasteiger partial charge in [-0.05, 0) is 31.5 Å². The normalized spacial score (nSPS) is 12.3. The lowest BCUT2D eigenvalue weighted by Gasteiger charge is -2.06. The standard InChI is InChI=1S/C18H17N5OS3/c1-10-11(2)26-18(20-10)22-17-19-8-15-16(21-17)14(9-25-15)12-5-4-6-13(7-12)23-27(3)24/h4-9,23H,1-3H3,(H,19,20,21,22). The van der Waals surface area contributed by atoms with E-state index in [1.165, 1.54) is 4.88 Å². The molecule has 138 valence electrons. The second kappa shape index (κ2) is 7.34. The summed E-state index contributed by atoms with van der Waals surface area (Å²) in [5.41, 5.74) is 4.75. The Hall–Kier alpha value is -2.36. The predicted octanol–water partition coefficient (Wildman–Crippen LogP) is 4.88. The smallest absolute Gasteiger partial charge is 0.229 e. The molecule has 2 N–H and O–H groups in total. The highest BCUT2D eigenvalue weighted by atomic mass is 32.2. The van der Waals surface area contributed by atoms with Gasteiger partial charge in [0.1, 0.15) is 11.0 Å². The summed E-state index contributed by atoms with van der Waals surface area (Å²) in [6.45, 7) is 4.03. The lowest BCUT2D eigenvalue weighted by molar-refractivity contribution is 0.690. The zero-order valence-electron chi connectivity index (χ0n) is 14.9. The molecule has 27 heavy (non-hydrogen) atoms. The molecule has 0 fully saturated rings. The molecule has 0 aliphatic rings. The molecule has 4 rings (SSSR count). The van der Waals surface area contributed by atoms with Crippen molar-refractivity contribution in [2.75, 3.05) is 16.3 Å². The molecule has 0 saturated heterocycles. The van der Waals surface area contributed by atoms with Gasteiger partial charge in [0.25, 0.3) is 0 Å². The third-order valence-corrected chi connectivity index (χ3v) is 6.41. The van der Waals surface area contributed by atoms with Crippen LogP contribution >= 0.6 is 22.7 Å². The third kappa shape index (κ3) is 3.85. The van der Waals surface area contributed by atoms with E-state index in [1.807, 2.05) is 44.3 Å². The van der Waals surface area contributed by atoms with Crippen LogP contribution in [0.25, 0.3) is 21.3 Å². The van der Waals surface area contributed by atoms with Gasteiger partial charge in [-0.15, -0.1) is 22.7 Å². The summed E-state index contributed by atoms with van der Waals surface area (Å²) in [6, 6.07) is 7.84. The minimum atomic E-state index is -1.11. The van der Waals surface area contributed by atoms with Crippen molar-refractivity contribution < 1.29 is 4.21 Å². The Morgan fingerprint density at radius 3 is 2.78 bits per heavy atom. The first-order chi connectivity index (χ1) is 13.0. The zero-order valence-corrected chi connectivity index (χ0v) is 17.4. The lowest BCUT2D eigenvalue weighted by atomic mass is 10.1. The average molecular weight is 416 g/mol. The number of rotatable bonds is 5. The lowest BCUT2D eigenvalue weighted by Crippen LogP contribution is -2.00. The van der Waals surface area contributed by atoms with Gasteiger partial charge >= 0.3 is 0 Å². The molecule has 4 aromatic rings. The number of benzene rings is 1. The fraction of sp³-hybridized carbons (Fsp3) is 0.167. The van der Waals surface area contributed by atoms with Crippen molar-refractivity contribution in [2.45, 2.75) is 13.8 Å². The Morgan fingerprint density at radius 2 is 2.04 bits per heavy atom. The van der Waals surface area contributed by atoms with Crippen molar-refractivity contribution in [3.8, 4) is 11.1 Å². The molecular formula is C18H17N5OS3. The Labute approximate surface area is 167 Å². The van der Waals surface area contributed by atoms with Crippen LogP contribution in [0.2, 0.25) is 0 Å². The molecule has 9 heteroatoms. The van der Waals surface area contributed by atoms with Crippen molar-refractivity contribution in [1.29, 1.82) is 0 Å². The molecule has 0 radical (unpaired) electrons. The summed E-state index contributed by atoms with van der Waals surface area (Å²) in [7, 11) is -1.11. The molecule has 3 heterocycles. The molecule has 0 aliphatic heterocycles. The van der Waals surface area contributed by atoms with E-state index < -0.39 is 11.0 Å². The number of aromatic nitrogens is 3. The van der Waals surface area contributed by atoms with Crippen molar-refractivity contribution in [2.24, 2.45) is 0 Å².